The second kappa shape index (κ2) is 7.55. The van der Waals surface area contributed by atoms with E-state index in [2.05, 4.69) is 15.2 Å². The highest BCUT2D eigenvalue weighted by Gasteiger charge is 2.09. The molecule has 1 heterocycles. The molecule has 1 aromatic heterocycles. The third kappa shape index (κ3) is 5.11. The SMILES string of the molecule is COCCN(C)CCNc1cnc(N)cc1C(N)=O. The quantitative estimate of drug-likeness (QED) is 0.600. The number of aromatic nitrogens is 1. The van der Waals surface area contributed by atoms with E-state index >= 15 is 0 Å². The molecule has 0 spiro atoms. The summed E-state index contributed by atoms with van der Waals surface area (Å²) in [5.74, 6) is -0.249. The summed E-state index contributed by atoms with van der Waals surface area (Å²) in [6, 6.07) is 1.47. The van der Waals surface area contributed by atoms with Crippen LogP contribution in [0.25, 0.3) is 0 Å². The Bertz CT molecular complexity index is 425. The number of primary amides is 1. The molecule has 1 aromatic rings. The Morgan fingerprint density at radius 1 is 1.53 bits per heavy atom. The number of hydrogen-bond donors (Lipinski definition) is 3. The van der Waals surface area contributed by atoms with E-state index in [-0.39, 0.29) is 5.82 Å². The molecule has 106 valence electrons. The first kappa shape index (κ1) is 15.2. The van der Waals surface area contributed by atoms with Crippen molar-refractivity contribution < 1.29 is 9.53 Å². The van der Waals surface area contributed by atoms with Crippen molar-refractivity contribution in [1.82, 2.24) is 9.88 Å². The standard InChI is InChI=1S/C12H21N5O2/c1-17(5-6-19-2)4-3-15-10-8-16-11(13)7-9(10)12(14)18/h7-8,15H,3-6H2,1-2H3,(H2,13,16)(H2,14,18). The number of nitrogens with zero attached hydrogens (tertiary/aromatic N) is 2. The molecule has 0 saturated carbocycles. The van der Waals surface area contributed by atoms with Gasteiger partial charge in [-0.25, -0.2) is 4.98 Å². The van der Waals surface area contributed by atoms with Gasteiger partial charge in [0.1, 0.15) is 5.82 Å². The first-order valence-corrected chi connectivity index (χ1v) is 6.01. The van der Waals surface area contributed by atoms with Gasteiger partial charge in [0.05, 0.1) is 24.1 Å². The molecule has 7 nitrogen and oxygen atoms in total. The van der Waals surface area contributed by atoms with Crippen LogP contribution in [0.4, 0.5) is 11.5 Å². The number of nitrogens with one attached hydrogen (secondary N) is 1. The summed E-state index contributed by atoms with van der Waals surface area (Å²) < 4.78 is 4.99. The van der Waals surface area contributed by atoms with Crippen LogP contribution in [0, 0.1) is 0 Å². The Morgan fingerprint density at radius 3 is 2.89 bits per heavy atom. The maximum atomic E-state index is 11.3. The van der Waals surface area contributed by atoms with Gasteiger partial charge in [0, 0.05) is 26.7 Å². The van der Waals surface area contributed by atoms with Crippen molar-refractivity contribution in [3.8, 4) is 0 Å². The first-order valence-electron chi connectivity index (χ1n) is 6.01. The number of nitrogens with two attached hydrogens (primary N) is 2. The van der Waals surface area contributed by atoms with Gasteiger partial charge in [-0.2, -0.15) is 0 Å². The van der Waals surface area contributed by atoms with Crippen molar-refractivity contribution in [2.45, 2.75) is 0 Å². The zero-order valence-electron chi connectivity index (χ0n) is 11.3. The highest BCUT2D eigenvalue weighted by atomic mass is 16.5. The van der Waals surface area contributed by atoms with Gasteiger partial charge in [-0.3, -0.25) is 4.79 Å². The van der Waals surface area contributed by atoms with Crippen LogP contribution in [-0.4, -0.2) is 56.2 Å². The van der Waals surface area contributed by atoms with Gasteiger partial charge in [-0.1, -0.05) is 0 Å². The fourth-order valence-corrected chi connectivity index (χ4v) is 1.56. The average Bonchev–Trinajstić information content (AvgIpc) is 2.37. The molecule has 7 heteroatoms. The van der Waals surface area contributed by atoms with E-state index in [1.807, 2.05) is 7.05 Å². The lowest BCUT2D eigenvalue weighted by Gasteiger charge is -2.17. The predicted molar refractivity (Wildman–Crippen MR) is 75.0 cm³/mol. The van der Waals surface area contributed by atoms with Crippen LogP contribution in [0.5, 0.6) is 0 Å². The Morgan fingerprint density at radius 2 is 2.26 bits per heavy atom. The number of rotatable bonds is 8. The summed E-state index contributed by atoms with van der Waals surface area (Å²) in [6.07, 6.45) is 1.52. The molecule has 0 fully saturated rings. The summed E-state index contributed by atoms with van der Waals surface area (Å²) in [4.78, 5) is 17.3. The summed E-state index contributed by atoms with van der Waals surface area (Å²) >= 11 is 0. The molecule has 19 heavy (non-hydrogen) atoms. The van der Waals surface area contributed by atoms with Gasteiger partial charge in [0.25, 0.3) is 5.91 Å². The van der Waals surface area contributed by atoms with Gasteiger partial charge in [-0.15, -0.1) is 0 Å². The molecule has 0 aliphatic carbocycles. The average molecular weight is 267 g/mol. The van der Waals surface area contributed by atoms with E-state index in [1.165, 1.54) is 12.3 Å². The van der Waals surface area contributed by atoms with Crippen LogP contribution < -0.4 is 16.8 Å². The molecule has 0 unspecified atom stereocenters. The lowest BCUT2D eigenvalue weighted by atomic mass is 10.2. The third-order valence-corrected chi connectivity index (χ3v) is 2.68. The van der Waals surface area contributed by atoms with Crippen LogP contribution in [0.1, 0.15) is 10.4 Å². The fraction of sp³-hybridized carbons (Fsp3) is 0.500. The van der Waals surface area contributed by atoms with Crippen molar-refractivity contribution >= 4 is 17.4 Å². The van der Waals surface area contributed by atoms with Crippen molar-refractivity contribution in [1.29, 1.82) is 0 Å². The lowest BCUT2D eigenvalue weighted by Crippen LogP contribution is -2.28. The molecule has 1 amide bonds. The maximum absolute atomic E-state index is 11.3. The summed E-state index contributed by atoms with van der Waals surface area (Å²) in [5, 5.41) is 3.13. The van der Waals surface area contributed by atoms with Gasteiger partial charge in [-0.05, 0) is 13.1 Å². The third-order valence-electron chi connectivity index (χ3n) is 2.68. The van der Waals surface area contributed by atoms with Crippen LogP contribution >= 0.6 is 0 Å². The minimum absolute atomic E-state index is 0.275. The number of hydrogen-bond acceptors (Lipinski definition) is 6. The van der Waals surface area contributed by atoms with Crippen molar-refractivity contribution in [2.24, 2.45) is 5.73 Å². The largest absolute Gasteiger partial charge is 0.384 e. The topological polar surface area (TPSA) is 106 Å². The summed E-state index contributed by atoms with van der Waals surface area (Å²) in [5.41, 5.74) is 11.8. The highest BCUT2D eigenvalue weighted by Crippen LogP contribution is 2.15. The minimum Gasteiger partial charge on any atom is -0.384 e. The van der Waals surface area contributed by atoms with Crippen molar-refractivity contribution in [3.63, 3.8) is 0 Å². The van der Waals surface area contributed by atoms with Gasteiger partial charge < -0.3 is 26.4 Å². The Kier molecular flexibility index (Phi) is 6.04. The van der Waals surface area contributed by atoms with E-state index in [0.717, 1.165) is 13.1 Å². The minimum atomic E-state index is -0.524. The second-order valence-corrected chi connectivity index (χ2v) is 4.24. The highest BCUT2D eigenvalue weighted by molar-refractivity contribution is 5.98. The van der Waals surface area contributed by atoms with Gasteiger partial charge in [0.15, 0.2) is 0 Å². The molecule has 0 atom stereocenters. The molecular weight excluding hydrogens is 246 g/mol. The smallest absolute Gasteiger partial charge is 0.250 e. The number of anilines is 2. The number of likely N-dealkylation sites (N-methyl/N-ethyl adjacent to an activating group) is 1. The molecule has 0 aliphatic rings. The zero-order valence-corrected chi connectivity index (χ0v) is 11.3. The number of amides is 1. The van der Waals surface area contributed by atoms with E-state index in [9.17, 15) is 4.79 Å². The number of carbonyl (C=O) groups is 1. The Hall–Kier alpha value is -1.86. The molecule has 0 saturated heterocycles. The molecular formula is C12H21N5O2. The Balaban J connectivity index is 2.51. The molecule has 0 radical (unpaired) electrons. The molecule has 0 aromatic carbocycles. The van der Waals surface area contributed by atoms with Crippen LogP contribution in [0.2, 0.25) is 0 Å². The molecule has 1 rings (SSSR count). The number of ether oxygens (including phenoxy) is 1. The number of nitrogen functional groups attached to an aromatic ring is 1. The second-order valence-electron chi connectivity index (χ2n) is 4.24. The molecule has 0 aliphatic heterocycles. The number of pyridine rings is 1. The first-order chi connectivity index (χ1) is 9.04. The predicted octanol–water partition coefficient (Wildman–Crippen LogP) is -0.247. The monoisotopic (exact) mass is 267 g/mol. The van der Waals surface area contributed by atoms with E-state index < -0.39 is 5.91 Å². The van der Waals surface area contributed by atoms with Crippen LogP contribution in [0.3, 0.4) is 0 Å². The fourth-order valence-electron chi connectivity index (χ4n) is 1.56. The van der Waals surface area contributed by atoms with Crippen LogP contribution in [-0.2, 0) is 4.74 Å². The van der Waals surface area contributed by atoms with Gasteiger partial charge >= 0.3 is 0 Å². The van der Waals surface area contributed by atoms with E-state index in [1.54, 1.807) is 7.11 Å². The molecule has 0 bridgehead atoms. The van der Waals surface area contributed by atoms with Gasteiger partial charge in [0.2, 0.25) is 0 Å². The molecule has 5 N–H and O–H groups in total. The number of methoxy groups -OCH3 is 1. The lowest BCUT2D eigenvalue weighted by molar-refractivity contribution is 0.100. The van der Waals surface area contributed by atoms with Crippen molar-refractivity contribution in [3.05, 3.63) is 17.8 Å². The zero-order chi connectivity index (χ0) is 14.3. The van der Waals surface area contributed by atoms with Crippen LogP contribution in [0.15, 0.2) is 12.3 Å². The summed E-state index contributed by atoms with van der Waals surface area (Å²) in [7, 11) is 3.67. The van der Waals surface area contributed by atoms with Crippen molar-refractivity contribution in [2.75, 3.05) is 51.4 Å². The maximum Gasteiger partial charge on any atom is 0.250 e. The number of carbonyl (C=O) groups excluding carboxylic acids is 1. The summed E-state index contributed by atoms with van der Waals surface area (Å²) in [6.45, 7) is 3.02. The Labute approximate surface area is 112 Å². The normalized spacial score (nSPS) is 10.7. The van der Waals surface area contributed by atoms with E-state index in [4.69, 9.17) is 16.2 Å². The van der Waals surface area contributed by atoms with E-state index in [0.29, 0.717) is 24.4 Å².